The van der Waals surface area contributed by atoms with Crippen LogP contribution in [0.15, 0.2) is 24.3 Å². The maximum absolute atomic E-state index is 11.6. The highest BCUT2D eigenvalue weighted by Crippen LogP contribution is 2.16. The standard InChI is InChI=1S/C13H15N3O3/c1-9(17)16(7-8-19-10(2)18)13-14-11-5-3-4-6-12(11)15-13/h3-6H,7-8H2,1-2H3,(H,14,15). The molecule has 0 fully saturated rings. The number of amides is 1. The third kappa shape index (κ3) is 3.09. The molecule has 6 heteroatoms. The molecule has 0 unspecified atom stereocenters. The van der Waals surface area contributed by atoms with Crippen LogP contribution < -0.4 is 4.90 Å². The van der Waals surface area contributed by atoms with Gasteiger partial charge in [0.05, 0.1) is 17.6 Å². The van der Waals surface area contributed by atoms with Crippen molar-refractivity contribution in [1.82, 2.24) is 9.97 Å². The highest BCUT2D eigenvalue weighted by molar-refractivity contribution is 5.91. The Kier molecular flexibility index (Phi) is 3.79. The number of hydrogen-bond acceptors (Lipinski definition) is 4. The lowest BCUT2D eigenvalue weighted by molar-refractivity contribution is -0.140. The van der Waals surface area contributed by atoms with Crippen LogP contribution in [0.2, 0.25) is 0 Å². The minimum absolute atomic E-state index is 0.145. The molecule has 0 aliphatic rings. The summed E-state index contributed by atoms with van der Waals surface area (Å²) in [5.41, 5.74) is 1.65. The second-order valence-corrected chi connectivity index (χ2v) is 4.09. The van der Waals surface area contributed by atoms with Crippen LogP contribution in [0.5, 0.6) is 0 Å². The van der Waals surface area contributed by atoms with Gasteiger partial charge in [0.25, 0.3) is 0 Å². The summed E-state index contributed by atoms with van der Waals surface area (Å²) in [5.74, 6) is -0.0693. The number of rotatable bonds is 4. The van der Waals surface area contributed by atoms with Crippen molar-refractivity contribution in [3.05, 3.63) is 24.3 Å². The summed E-state index contributed by atoms with van der Waals surface area (Å²) in [6, 6.07) is 7.52. The van der Waals surface area contributed by atoms with Crippen LogP contribution in [0.1, 0.15) is 13.8 Å². The fraction of sp³-hybridized carbons (Fsp3) is 0.308. The molecule has 0 radical (unpaired) electrons. The van der Waals surface area contributed by atoms with Crippen molar-refractivity contribution in [3.8, 4) is 0 Å². The second-order valence-electron chi connectivity index (χ2n) is 4.09. The third-order valence-electron chi connectivity index (χ3n) is 2.63. The predicted molar refractivity (Wildman–Crippen MR) is 70.8 cm³/mol. The summed E-state index contributed by atoms with van der Waals surface area (Å²) in [7, 11) is 0. The van der Waals surface area contributed by atoms with Gasteiger partial charge in [-0.15, -0.1) is 0 Å². The average Bonchev–Trinajstić information content (AvgIpc) is 2.76. The number of fused-ring (bicyclic) bond motifs is 1. The van der Waals surface area contributed by atoms with E-state index < -0.39 is 0 Å². The van der Waals surface area contributed by atoms with Crippen molar-refractivity contribution >= 4 is 28.9 Å². The number of anilines is 1. The molecule has 0 aliphatic heterocycles. The van der Waals surface area contributed by atoms with E-state index in [-0.39, 0.29) is 25.0 Å². The average molecular weight is 261 g/mol. The number of H-pyrrole nitrogens is 1. The Morgan fingerprint density at radius 2 is 2.05 bits per heavy atom. The van der Waals surface area contributed by atoms with Gasteiger partial charge in [-0.2, -0.15) is 0 Å². The van der Waals surface area contributed by atoms with E-state index >= 15 is 0 Å². The van der Waals surface area contributed by atoms with Crippen LogP contribution in [0.4, 0.5) is 5.95 Å². The highest BCUT2D eigenvalue weighted by Gasteiger charge is 2.15. The zero-order valence-corrected chi connectivity index (χ0v) is 10.8. The van der Waals surface area contributed by atoms with E-state index in [0.29, 0.717) is 5.95 Å². The highest BCUT2D eigenvalue weighted by atomic mass is 16.5. The largest absolute Gasteiger partial charge is 0.464 e. The van der Waals surface area contributed by atoms with E-state index in [1.54, 1.807) is 0 Å². The van der Waals surface area contributed by atoms with E-state index in [1.165, 1.54) is 18.7 Å². The van der Waals surface area contributed by atoms with Gasteiger partial charge in [-0.25, -0.2) is 4.98 Å². The lowest BCUT2D eigenvalue weighted by Gasteiger charge is -2.17. The van der Waals surface area contributed by atoms with Gasteiger partial charge in [0.15, 0.2) is 0 Å². The molecule has 1 heterocycles. The van der Waals surface area contributed by atoms with Gasteiger partial charge in [0, 0.05) is 13.8 Å². The fourth-order valence-corrected chi connectivity index (χ4v) is 1.76. The Hall–Kier alpha value is -2.37. The summed E-state index contributed by atoms with van der Waals surface area (Å²) >= 11 is 0. The fourth-order valence-electron chi connectivity index (χ4n) is 1.76. The molecule has 2 aromatic rings. The smallest absolute Gasteiger partial charge is 0.302 e. The minimum Gasteiger partial charge on any atom is -0.464 e. The Morgan fingerprint density at radius 3 is 2.68 bits per heavy atom. The number of hydrogen-bond donors (Lipinski definition) is 1. The summed E-state index contributed by atoms with van der Waals surface area (Å²) < 4.78 is 4.84. The molecular weight excluding hydrogens is 246 g/mol. The molecule has 0 atom stereocenters. The Bertz CT molecular complexity index is 573. The molecule has 0 aliphatic carbocycles. The Labute approximate surface area is 110 Å². The molecule has 6 nitrogen and oxygen atoms in total. The van der Waals surface area contributed by atoms with Crippen molar-refractivity contribution in [3.63, 3.8) is 0 Å². The first-order chi connectivity index (χ1) is 9.08. The van der Waals surface area contributed by atoms with Crippen molar-refractivity contribution in [2.45, 2.75) is 13.8 Å². The molecule has 100 valence electrons. The second kappa shape index (κ2) is 5.51. The molecule has 1 aromatic carbocycles. The number of para-hydroxylation sites is 2. The maximum atomic E-state index is 11.6. The zero-order chi connectivity index (χ0) is 13.8. The number of nitrogens with zero attached hydrogens (tertiary/aromatic N) is 2. The monoisotopic (exact) mass is 261 g/mol. The van der Waals surface area contributed by atoms with Crippen LogP contribution in [-0.4, -0.2) is 35.0 Å². The van der Waals surface area contributed by atoms with Crippen LogP contribution in [0.3, 0.4) is 0 Å². The summed E-state index contributed by atoms with van der Waals surface area (Å²) in [6.07, 6.45) is 0. The summed E-state index contributed by atoms with van der Waals surface area (Å²) in [5, 5.41) is 0. The molecule has 0 saturated carbocycles. The predicted octanol–water partition coefficient (Wildman–Crippen LogP) is 1.48. The summed E-state index contributed by atoms with van der Waals surface area (Å²) in [4.78, 5) is 31.2. The SMILES string of the molecule is CC(=O)OCCN(C(C)=O)c1nc2ccccc2[nH]1. The number of carbonyl (C=O) groups is 2. The molecule has 19 heavy (non-hydrogen) atoms. The Balaban J connectivity index is 2.18. The van der Waals surface area contributed by atoms with Crippen LogP contribution in [0, 0.1) is 0 Å². The van der Waals surface area contributed by atoms with E-state index in [1.807, 2.05) is 24.3 Å². The molecule has 1 amide bonds. The van der Waals surface area contributed by atoms with E-state index in [0.717, 1.165) is 11.0 Å². The number of nitrogens with one attached hydrogen (secondary N) is 1. The maximum Gasteiger partial charge on any atom is 0.302 e. The number of aromatic amines is 1. The van der Waals surface area contributed by atoms with E-state index in [2.05, 4.69) is 9.97 Å². The van der Waals surface area contributed by atoms with E-state index in [4.69, 9.17) is 4.74 Å². The van der Waals surface area contributed by atoms with Crippen LogP contribution in [0.25, 0.3) is 11.0 Å². The van der Waals surface area contributed by atoms with Gasteiger partial charge in [0.2, 0.25) is 11.9 Å². The minimum atomic E-state index is -0.367. The van der Waals surface area contributed by atoms with Crippen molar-refractivity contribution in [2.24, 2.45) is 0 Å². The molecule has 0 spiro atoms. The topological polar surface area (TPSA) is 75.3 Å². The van der Waals surface area contributed by atoms with E-state index in [9.17, 15) is 9.59 Å². The van der Waals surface area contributed by atoms with Gasteiger partial charge >= 0.3 is 5.97 Å². The first-order valence-corrected chi connectivity index (χ1v) is 5.94. The number of ether oxygens (including phenoxy) is 1. The summed E-state index contributed by atoms with van der Waals surface area (Å²) in [6.45, 7) is 3.20. The number of imidazole rings is 1. The molecule has 0 bridgehead atoms. The Morgan fingerprint density at radius 1 is 1.32 bits per heavy atom. The third-order valence-corrected chi connectivity index (χ3v) is 2.63. The molecular formula is C13H15N3O3. The number of carbonyl (C=O) groups excluding carboxylic acids is 2. The molecule has 1 N–H and O–H groups in total. The van der Waals surface area contributed by atoms with Gasteiger partial charge in [-0.05, 0) is 12.1 Å². The molecule has 1 aromatic heterocycles. The van der Waals surface area contributed by atoms with Gasteiger partial charge < -0.3 is 9.72 Å². The van der Waals surface area contributed by atoms with Gasteiger partial charge in [0.1, 0.15) is 6.61 Å². The van der Waals surface area contributed by atoms with Gasteiger partial charge in [-0.3, -0.25) is 14.5 Å². The molecule has 2 rings (SSSR count). The lowest BCUT2D eigenvalue weighted by atomic mass is 10.3. The number of aromatic nitrogens is 2. The quantitative estimate of drug-likeness (QED) is 0.846. The lowest BCUT2D eigenvalue weighted by Crippen LogP contribution is -2.33. The van der Waals surface area contributed by atoms with Crippen LogP contribution >= 0.6 is 0 Å². The number of benzene rings is 1. The zero-order valence-electron chi connectivity index (χ0n) is 10.8. The normalized spacial score (nSPS) is 10.4. The molecule has 0 saturated heterocycles. The van der Waals surface area contributed by atoms with Crippen LogP contribution in [-0.2, 0) is 14.3 Å². The van der Waals surface area contributed by atoms with Gasteiger partial charge in [-0.1, -0.05) is 12.1 Å². The first kappa shape index (κ1) is 13.1. The van der Waals surface area contributed by atoms with Crippen molar-refractivity contribution in [1.29, 1.82) is 0 Å². The first-order valence-electron chi connectivity index (χ1n) is 5.94. The van der Waals surface area contributed by atoms with Crippen molar-refractivity contribution in [2.75, 3.05) is 18.1 Å². The van der Waals surface area contributed by atoms with Crippen molar-refractivity contribution < 1.29 is 14.3 Å². The number of esters is 1.